The maximum absolute atomic E-state index is 12.6. The average Bonchev–Trinajstić information content (AvgIpc) is 2.86. The van der Waals surface area contributed by atoms with E-state index >= 15 is 0 Å². The molecular formula is C25H21N3O6. The molecule has 172 valence electrons. The van der Waals surface area contributed by atoms with Crippen molar-refractivity contribution in [3.05, 3.63) is 93.5 Å². The van der Waals surface area contributed by atoms with E-state index < -0.39 is 10.8 Å². The van der Waals surface area contributed by atoms with Gasteiger partial charge < -0.3 is 19.5 Å². The first kappa shape index (κ1) is 23.8. The summed E-state index contributed by atoms with van der Waals surface area (Å²) in [6.45, 7) is 0.346. The number of ether oxygens (including phenoxy) is 3. The largest absolute Gasteiger partial charge is 0.496 e. The van der Waals surface area contributed by atoms with Crippen LogP contribution < -0.4 is 19.5 Å². The van der Waals surface area contributed by atoms with Gasteiger partial charge in [0.05, 0.1) is 25.2 Å². The number of hydrogen-bond acceptors (Lipinski definition) is 7. The molecular weight excluding hydrogens is 438 g/mol. The number of benzene rings is 3. The van der Waals surface area contributed by atoms with Crippen LogP contribution in [0.3, 0.4) is 0 Å². The molecule has 34 heavy (non-hydrogen) atoms. The fourth-order valence-corrected chi connectivity index (χ4v) is 3.03. The molecule has 9 heteroatoms. The first-order valence-corrected chi connectivity index (χ1v) is 10.1. The van der Waals surface area contributed by atoms with Gasteiger partial charge in [-0.25, -0.2) is 0 Å². The van der Waals surface area contributed by atoms with E-state index in [2.05, 4.69) is 5.32 Å². The van der Waals surface area contributed by atoms with Crippen molar-refractivity contribution in [3.8, 4) is 23.3 Å². The van der Waals surface area contributed by atoms with Gasteiger partial charge in [-0.2, -0.15) is 5.26 Å². The Hall–Kier alpha value is -4.84. The number of hydrogen-bond donors (Lipinski definition) is 1. The zero-order chi connectivity index (χ0) is 24.5. The summed E-state index contributed by atoms with van der Waals surface area (Å²) in [6, 6.07) is 20.4. The Balaban J connectivity index is 1.80. The Bertz CT molecular complexity index is 1270. The van der Waals surface area contributed by atoms with Crippen molar-refractivity contribution in [3.63, 3.8) is 0 Å². The zero-order valence-electron chi connectivity index (χ0n) is 18.5. The van der Waals surface area contributed by atoms with Crippen molar-refractivity contribution in [1.82, 2.24) is 0 Å². The molecule has 0 aliphatic heterocycles. The maximum Gasteiger partial charge on any atom is 0.296 e. The molecule has 0 aliphatic carbocycles. The Morgan fingerprint density at radius 1 is 1.06 bits per heavy atom. The molecule has 3 aromatic rings. The van der Waals surface area contributed by atoms with Gasteiger partial charge in [0, 0.05) is 0 Å². The van der Waals surface area contributed by atoms with Crippen molar-refractivity contribution in [2.75, 3.05) is 19.5 Å². The number of anilines is 1. The van der Waals surface area contributed by atoms with Crippen LogP contribution in [0.4, 0.5) is 11.4 Å². The van der Waals surface area contributed by atoms with E-state index in [9.17, 15) is 20.2 Å². The first-order chi connectivity index (χ1) is 16.4. The topological polar surface area (TPSA) is 124 Å². The third kappa shape index (κ3) is 5.89. The molecule has 3 rings (SSSR count). The van der Waals surface area contributed by atoms with Crippen LogP contribution in [0.25, 0.3) is 6.08 Å². The van der Waals surface area contributed by atoms with Gasteiger partial charge in [-0.3, -0.25) is 14.9 Å². The summed E-state index contributed by atoms with van der Waals surface area (Å²) in [5.41, 5.74) is 0.848. The molecule has 9 nitrogen and oxygen atoms in total. The van der Waals surface area contributed by atoms with Crippen LogP contribution in [0, 0.1) is 21.4 Å². The summed E-state index contributed by atoms with van der Waals surface area (Å²) in [6.07, 6.45) is 1.36. The van der Waals surface area contributed by atoms with Crippen LogP contribution in [0.1, 0.15) is 11.1 Å². The standard InChI is InChI=1S/C25H21N3O6/c1-32-20-9-10-21(22(14-20)28(30)31)27-25(29)19(15-26)12-18-8-11-23(24(13-18)33-2)34-16-17-6-4-3-5-7-17/h3-14H,16H2,1-2H3,(H,27,29). The molecule has 1 amide bonds. The second kappa shape index (κ2) is 11.2. The smallest absolute Gasteiger partial charge is 0.296 e. The fourth-order valence-electron chi connectivity index (χ4n) is 3.03. The number of nitro benzene ring substituents is 1. The predicted octanol–water partition coefficient (Wildman–Crippen LogP) is 4.74. The number of nitrogens with one attached hydrogen (secondary N) is 1. The molecule has 0 unspecified atom stereocenters. The van der Waals surface area contributed by atoms with E-state index in [0.717, 1.165) is 5.56 Å². The minimum atomic E-state index is -0.792. The molecule has 0 spiro atoms. The zero-order valence-corrected chi connectivity index (χ0v) is 18.5. The fraction of sp³-hybridized carbons (Fsp3) is 0.120. The van der Waals surface area contributed by atoms with Crippen LogP contribution in [0.5, 0.6) is 17.2 Å². The maximum atomic E-state index is 12.6. The molecule has 0 heterocycles. The third-order valence-corrected chi connectivity index (χ3v) is 4.75. The number of nitriles is 1. The predicted molar refractivity (Wildman–Crippen MR) is 126 cm³/mol. The van der Waals surface area contributed by atoms with Crippen LogP contribution in [0.15, 0.2) is 72.3 Å². The number of amides is 1. The molecule has 3 aromatic carbocycles. The van der Waals surface area contributed by atoms with Crippen molar-refractivity contribution in [1.29, 1.82) is 5.26 Å². The lowest BCUT2D eigenvalue weighted by molar-refractivity contribution is -0.384. The van der Waals surface area contributed by atoms with E-state index in [-0.39, 0.29) is 22.7 Å². The summed E-state index contributed by atoms with van der Waals surface area (Å²) in [5, 5.41) is 23.3. The highest BCUT2D eigenvalue weighted by Crippen LogP contribution is 2.31. The van der Waals surface area contributed by atoms with Crippen LogP contribution in [-0.2, 0) is 11.4 Å². The third-order valence-electron chi connectivity index (χ3n) is 4.75. The van der Waals surface area contributed by atoms with Gasteiger partial charge in [-0.1, -0.05) is 36.4 Å². The summed E-state index contributed by atoms with van der Waals surface area (Å²) in [5.74, 6) is 0.398. The molecule has 0 aliphatic rings. The van der Waals surface area contributed by atoms with Crippen molar-refractivity contribution in [2.45, 2.75) is 6.61 Å². The number of methoxy groups -OCH3 is 2. The van der Waals surface area contributed by atoms with Gasteiger partial charge in [0.15, 0.2) is 11.5 Å². The molecule has 0 radical (unpaired) electrons. The molecule has 0 saturated carbocycles. The monoisotopic (exact) mass is 459 g/mol. The van der Waals surface area contributed by atoms with Crippen molar-refractivity contribution in [2.24, 2.45) is 0 Å². The SMILES string of the molecule is COc1ccc(NC(=O)C(C#N)=Cc2ccc(OCc3ccccc3)c(OC)c2)c([N+](=O)[O-])c1. The van der Waals surface area contributed by atoms with Gasteiger partial charge in [0.25, 0.3) is 11.6 Å². The molecule has 0 fully saturated rings. The number of nitrogens with zero attached hydrogens (tertiary/aromatic N) is 2. The van der Waals surface area contributed by atoms with Gasteiger partial charge in [0.1, 0.15) is 29.7 Å². The van der Waals surface area contributed by atoms with E-state index in [1.165, 1.54) is 38.5 Å². The molecule has 1 N–H and O–H groups in total. The summed E-state index contributed by atoms with van der Waals surface area (Å²) < 4.78 is 16.2. The Morgan fingerprint density at radius 2 is 1.82 bits per heavy atom. The van der Waals surface area contributed by atoms with E-state index in [1.807, 2.05) is 36.4 Å². The lowest BCUT2D eigenvalue weighted by Crippen LogP contribution is -2.14. The quantitative estimate of drug-likeness (QED) is 0.212. The van der Waals surface area contributed by atoms with Crippen LogP contribution in [-0.4, -0.2) is 25.1 Å². The second-order valence-corrected chi connectivity index (χ2v) is 6.95. The minimum absolute atomic E-state index is 0.0563. The summed E-state index contributed by atoms with van der Waals surface area (Å²) in [7, 11) is 2.86. The lowest BCUT2D eigenvalue weighted by Gasteiger charge is -2.12. The first-order valence-electron chi connectivity index (χ1n) is 10.1. The molecule has 0 bridgehead atoms. The number of rotatable bonds is 9. The van der Waals surface area contributed by atoms with E-state index in [0.29, 0.717) is 23.7 Å². The Kier molecular flexibility index (Phi) is 7.81. The number of carbonyl (C=O) groups is 1. The van der Waals surface area contributed by atoms with Gasteiger partial charge in [-0.05, 0) is 41.5 Å². The second-order valence-electron chi connectivity index (χ2n) is 6.95. The normalized spacial score (nSPS) is 10.7. The molecule has 0 aromatic heterocycles. The summed E-state index contributed by atoms with van der Waals surface area (Å²) >= 11 is 0. The van der Waals surface area contributed by atoms with Gasteiger partial charge in [0.2, 0.25) is 0 Å². The highest BCUT2D eigenvalue weighted by Gasteiger charge is 2.19. The van der Waals surface area contributed by atoms with Crippen LogP contribution in [0.2, 0.25) is 0 Å². The van der Waals surface area contributed by atoms with E-state index in [1.54, 1.807) is 18.2 Å². The lowest BCUT2D eigenvalue weighted by atomic mass is 10.1. The Labute approximate surface area is 196 Å². The summed E-state index contributed by atoms with van der Waals surface area (Å²) in [4.78, 5) is 23.3. The van der Waals surface area contributed by atoms with Crippen molar-refractivity contribution < 1.29 is 23.9 Å². The highest BCUT2D eigenvalue weighted by atomic mass is 16.6. The van der Waals surface area contributed by atoms with Gasteiger partial charge in [-0.15, -0.1) is 0 Å². The molecule has 0 atom stereocenters. The average molecular weight is 459 g/mol. The minimum Gasteiger partial charge on any atom is -0.496 e. The van der Waals surface area contributed by atoms with Crippen molar-refractivity contribution >= 4 is 23.4 Å². The Morgan fingerprint density at radius 3 is 2.47 bits per heavy atom. The van der Waals surface area contributed by atoms with Gasteiger partial charge >= 0.3 is 0 Å². The van der Waals surface area contributed by atoms with E-state index in [4.69, 9.17) is 14.2 Å². The molecule has 0 saturated heterocycles. The number of nitro groups is 1. The van der Waals surface area contributed by atoms with Crippen LogP contribution >= 0.6 is 0 Å². The number of carbonyl (C=O) groups excluding carboxylic acids is 1. The highest BCUT2D eigenvalue weighted by molar-refractivity contribution is 6.10.